The molecule has 1 fully saturated rings. The number of amides is 1. The number of methoxy groups -OCH3 is 1. The lowest BCUT2D eigenvalue weighted by molar-refractivity contribution is -0.120. The van der Waals surface area contributed by atoms with Crippen molar-refractivity contribution in [2.24, 2.45) is 5.92 Å². The van der Waals surface area contributed by atoms with E-state index in [1.54, 1.807) is 12.1 Å². The van der Waals surface area contributed by atoms with E-state index in [0.29, 0.717) is 31.1 Å². The molecule has 0 spiro atoms. The van der Waals surface area contributed by atoms with Crippen LogP contribution in [0.4, 0.5) is 5.69 Å². The molecule has 0 aliphatic carbocycles. The largest absolute Gasteiger partial charge is 0.495 e. The van der Waals surface area contributed by atoms with Crippen molar-refractivity contribution >= 4 is 21.6 Å². The SMILES string of the molecule is COc1ccc(C)cc1S(=O)(=O)N1CCCC(C(=O)Nc2ccc(C(C)C)cc2)C1. The third kappa shape index (κ3) is 4.84. The molecule has 1 atom stereocenters. The van der Waals surface area contributed by atoms with E-state index in [-0.39, 0.29) is 17.3 Å². The fraction of sp³-hybridized carbons (Fsp3) is 0.435. The van der Waals surface area contributed by atoms with Gasteiger partial charge in [-0.2, -0.15) is 4.31 Å². The first-order chi connectivity index (χ1) is 14.2. The molecule has 1 aliphatic rings. The Balaban J connectivity index is 1.74. The van der Waals surface area contributed by atoms with Crippen molar-refractivity contribution < 1.29 is 17.9 Å². The molecule has 1 aliphatic heterocycles. The molecule has 1 amide bonds. The average molecular weight is 431 g/mol. The van der Waals surface area contributed by atoms with E-state index in [4.69, 9.17) is 4.74 Å². The molecule has 6 nitrogen and oxygen atoms in total. The Kier molecular flexibility index (Phi) is 6.83. The molecule has 1 N–H and O–H groups in total. The lowest BCUT2D eigenvalue weighted by Gasteiger charge is -2.31. The molecule has 3 rings (SSSR count). The van der Waals surface area contributed by atoms with Crippen molar-refractivity contribution in [2.45, 2.75) is 44.4 Å². The summed E-state index contributed by atoms with van der Waals surface area (Å²) in [4.78, 5) is 13.0. The van der Waals surface area contributed by atoms with Gasteiger partial charge in [0.05, 0.1) is 13.0 Å². The highest BCUT2D eigenvalue weighted by molar-refractivity contribution is 7.89. The summed E-state index contributed by atoms with van der Waals surface area (Å²) in [6.07, 6.45) is 1.30. The minimum absolute atomic E-state index is 0.148. The van der Waals surface area contributed by atoms with Gasteiger partial charge in [-0.05, 0) is 61.1 Å². The van der Waals surface area contributed by atoms with Crippen LogP contribution in [-0.2, 0) is 14.8 Å². The molecule has 162 valence electrons. The number of hydrogen-bond acceptors (Lipinski definition) is 4. The highest BCUT2D eigenvalue weighted by Crippen LogP contribution is 2.31. The van der Waals surface area contributed by atoms with E-state index in [2.05, 4.69) is 19.2 Å². The number of carbonyl (C=O) groups is 1. The van der Waals surface area contributed by atoms with E-state index in [9.17, 15) is 13.2 Å². The molecule has 30 heavy (non-hydrogen) atoms. The molecular weight excluding hydrogens is 400 g/mol. The third-order valence-electron chi connectivity index (χ3n) is 5.54. The van der Waals surface area contributed by atoms with Gasteiger partial charge >= 0.3 is 0 Å². The monoisotopic (exact) mass is 430 g/mol. The maximum atomic E-state index is 13.3. The number of ether oxygens (including phenoxy) is 1. The summed E-state index contributed by atoms with van der Waals surface area (Å²) in [5.74, 6) is 0.195. The fourth-order valence-corrected chi connectivity index (χ4v) is 5.46. The molecule has 1 unspecified atom stereocenters. The number of sulfonamides is 1. The molecular formula is C23H30N2O4S. The van der Waals surface area contributed by atoms with Crippen molar-refractivity contribution in [3.05, 3.63) is 53.6 Å². The molecule has 0 aromatic heterocycles. The van der Waals surface area contributed by atoms with Crippen LogP contribution in [0.2, 0.25) is 0 Å². The molecule has 0 radical (unpaired) electrons. The normalized spacial score (nSPS) is 17.7. The Morgan fingerprint density at radius 1 is 1.17 bits per heavy atom. The number of aryl methyl sites for hydroxylation is 1. The zero-order valence-corrected chi connectivity index (χ0v) is 18.8. The average Bonchev–Trinajstić information content (AvgIpc) is 2.74. The number of piperidine rings is 1. The van der Waals surface area contributed by atoms with Gasteiger partial charge in [0.2, 0.25) is 15.9 Å². The van der Waals surface area contributed by atoms with Crippen LogP contribution in [0.25, 0.3) is 0 Å². The topological polar surface area (TPSA) is 75.7 Å². The Morgan fingerprint density at radius 2 is 1.87 bits per heavy atom. The maximum Gasteiger partial charge on any atom is 0.246 e. The van der Waals surface area contributed by atoms with Gasteiger partial charge < -0.3 is 10.1 Å². The smallest absolute Gasteiger partial charge is 0.246 e. The lowest BCUT2D eigenvalue weighted by Crippen LogP contribution is -2.43. The van der Waals surface area contributed by atoms with E-state index in [1.807, 2.05) is 37.3 Å². The minimum atomic E-state index is -3.75. The van der Waals surface area contributed by atoms with E-state index in [1.165, 1.54) is 17.0 Å². The van der Waals surface area contributed by atoms with Crippen molar-refractivity contribution in [1.29, 1.82) is 0 Å². The van der Waals surface area contributed by atoms with Crippen LogP contribution in [0.15, 0.2) is 47.4 Å². The number of benzene rings is 2. The van der Waals surface area contributed by atoms with Crippen LogP contribution in [0, 0.1) is 12.8 Å². The Bertz CT molecular complexity index is 1000. The molecule has 0 saturated carbocycles. The maximum absolute atomic E-state index is 13.3. The van der Waals surface area contributed by atoms with Crippen LogP contribution in [0.1, 0.15) is 43.7 Å². The van der Waals surface area contributed by atoms with Crippen LogP contribution >= 0.6 is 0 Å². The summed E-state index contributed by atoms with van der Waals surface area (Å²) in [7, 11) is -2.29. The summed E-state index contributed by atoms with van der Waals surface area (Å²) in [5, 5.41) is 2.94. The van der Waals surface area contributed by atoms with Crippen LogP contribution < -0.4 is 10.1 Å². The van der Waals surface area contributed by atoms with Gasteiger partial charge in [-0.3, -0.25) is 4.79 Å². The molecule has 0 bridgehead atoms. The third-order valence-corrected chi connectivity index (χ3v) is 7.42. The van der Waals surface area contributed by atoms with Crippen molar-refractivity contribution in [2.75, 3.05) is 25.5 Å². The highest BCUT2D eigenvalue weighted by atomic mass is 32.2. The van der Waals surface area contributed by atoms with E-state index >= 15 is 0 Å². The second-order valence-corrected chi connectivity index (χ2v) is 10.0. The Morgan fingerprint density at radius 3 is 2.50 bits per heavy atom. The standard InChI is InChI=1S/C23H30N2O4S/c1-16(2)18-8-10-20(11-9-18)24-23(26)19-6-5-13-25(15-19)30(27,28)22-14-17(3)7-12-21(22)29-4/h7-12,14,16,19H,5-6,13,15H2,1-4H3,(H,24,26). The first-order valence-electron chi connectivity index (χ1n) is 10.3. The van der Waals surface area contributed by atoms with Gasteiger partial charge in [0.15, 0.2) is 0 Å². The molecule has 1 saturated heterocycles. The van der Waals surface area contributed by atoms with Gasteiger partial charge in [0, 0.05) is 18.8 Å². The molecule has 1 heterocycles. The number of anilines is 1. The van der Waals surface area contributed by atoms with Gasteiger partial charge in [0.25, 0.3) is 0 Å². The molecule has 2 aromatic rings. The summed E-state index contributed by atoms with van der Waals surface area (Å²) in [5.41, 5.74) is 2.77. The van der Waals surface area contributed by atoms with Crippen LogP contribution in [-0.4, -0.2) is 38.8 Å². The number of nitrogens with one attached hydrogen (secondary N) is 1. The van der Waals surface area contributed by atoms with E-state index in [0.717, 1.165) is 11.3 Å². The van der Waals surface area contributed by atoms with Crippen molar-refractivity contribution in [3.8, 4) is 5.75 Å². The minimum Gasteiger partial charge on any atom is -0.495 e. The van der Waals surface area contributed by atoms with Crippen LogP contribution in [0.5, 0.6) is 5.75 Å². The predicted octanol–water partition coefficient (Wildman–Crippen LogP) is 4.17. The number of carbonyl (C=O) groups excluding carboxylic acids is 1. The zero-order chi connectivity index (χ0) is 21.9. The molecule has 2 aromatic carbocycles. The number of hydrogen-bond donors (Lipinski definition) is 1. The Hall–Kier alpha value is -2.38. The number of rotatable bonds is 6. The Labute approximate surface area is 179 Å². The second-order valence-electron chi connectivity index (χ2n) is 8.12. The van der Waals surface area contributed by atoms with Gasteiger partial charge in [-0.1, -0.05) is 32.0 Å². The lowest BCUT2D eigenvalue weighted by atomic mass is 9.98. The van der Waals surface area contributed by atoms with Gasteiger partial charge in [-0.25, -0.2) is 8.42 Å². The fourth-order valence-electron chi connectivity index (χ4n) is 3.70. The van der Waals surface area contributed by atoms with Gasteiger partial charge in [0.1, 0.15) is 10.6 Å². The van der Waals surface area contributed by atoms with Crippen molar-refractivity contribution in [1.82, 2.24) is 4.31 Å². The number of nitrogens with zero attached hydrogens (tertiary/aromatic N) is 1. The first kappa shape index (κ1) is 22.3. The molecule has 7 heteroatoms. The first-order valence-corrected chi connectivity index (χ1v) is 11.7. The van der Waals surface area contributed by atoms with E-state index < -0.39 is 15.9 Å². The second kappa shape index (κ2) is 9.18. The summed E-state index contributed by atoms with van der Waals surface area (Å²) in [6, 6.07) is 12.9. The van der Waals surface area contributed by atoms with Crippen LogP contribution in [0.3, 0.4) is 0 Å². The highest BCUT2D eigenvalue weighted by Gasteiger charge is 2.35. The summed E-state index contributed by atoms with van der Waals surface area (Å²) >= 11 is 0. The summed E-state index contributed by atoms with van der Waals surface area (Å²) < 4.78 is 33.2. The zero-order valence-electron chi connectivity index (χ0n) is 18.0. The summed E-state index contributed by atoms with van der Waals surface area (Å²) in [6.45, 7) is 6.64. The van der Waals surface area contributed by atoms with Gasteiger partial charge in [-0.15, -0.1) is 0 Å². The van der Waals surface area contributed by atoms with Crippen molar-refractivity contribution in [3.63, 3.8) is 0 Å². The predicted molar refractivity (Wildman–Crippen MR) is 118 cm³/mol. The quantitative estimate of drug-likeness (QED) is 0.746.